The van der Waals surface area contributed by atoms with Gasteiger partial charge in [0.15, 0.2) is 0 Å². The number of carbonyl (C=O) groups excluding carboxylic acids is 5. The van der Waals surface area contributed by atoms with Crippen molar-refractivity contribution in [3.05, 3.63) is 114 Å². The summed E-state index contributed by atoms with van der Waals surface area (Å²) in [7, 11) is 0. The number of hydrogen-bond donors (Lipinski definition) is 5. The average molecular weight is 647 g/mol. The number of nitrogens with one attached hydrogen (secondary N) is 4. The summed E-state index contributed by atoms with van der Waals surface area (Å²) in [5, 5.41) is 14.6. The maximum absolute atomic E-state index is 13.2. The number of amides is 3. The molecule has 3 rings (SSSR count). The Kier molecular flexibility index (Phi) is 14.6. The lowest BCUT2D eigenvalue weighted by Gasteiger charge is -2.23. The second-order valence-corrected chi connectivity index (χ2v) is 10.3. The minimum atomic E-state index is -1.40. The second-order valence-electron chi connectivity index (χ2n) is 10.3. The summed E-state index contributed by atoms with van der Waals surface area (Å²) in [5.74, 6) is -2.32. The molecule has 13 heteroatoms. The lowest BCUT2D eigenvalue weighted by molar-refractivity contribution is -0.146. The molecule has 0 aromatic heterocycles. The Hall–Kier alpha value is -5.53. The molecule has 0 unspecified atom stereocenters. The first-order chi connectivity index (χ1) is 22.7. The molecule has 3 atom stereocenters. The predicted molar refractivity (Wildman–Crippen MR) is 170 cm³/mol. The zero-order valence-electron chi connectivity index (χ0n) is 25.8. The van der Waals surface area contributed by atoms with E-state index >= 15 is 0 Å². The third kappa shape index (κ3) is 12.8. The lowest BCUT2D eigenvalue weighted by atomic mass is 10.1. The standard InChI is InChI=1S/C34H38N4O9/c1-3-18-45-33(43)23(2)35-32(42)29(21-39)36-31(41)28(19-24-10-6-4-7-11-24)37-38-34(44)46-22-26-14-16-27(17-15-26)47-30(40)20-25-12-8-5-9-13-25/h3-17,23,28-29,37,39H,1,18-22H2,2H3,(H,35,42)(H,36,41)(H,38,44)/t23-,28-,29-/m0/s1. The van der Waals surface area contributed by atoms with E-state index in [2.05, 4.69) is 28.1 Å². The Balaban J connectivity index is 1.52. The van der Waals surface area contributed by atoms with Gasteiger partial charge in [0.05, 0.1) is 13.0 Å². The molecule has 248 valence electrons. The van der Waals surface area contributed by atoms with Gasteiger partial charge in [-0.2, -0.15) is 0 Å². The molecule has 0 heterocycles. The third-order valence-corrected chi connectivity index (χ3v) is 6.54. The van der Waals surface area contributed by atoms with Crippen LogP contribution in [0.1, 0.15) is 23.6 Å². The number of carbonyl (C=O) groups is 5. The van der Waals surface area contributed by atoms with E-state index < -0.39 is 54.6 Å². The topological polar surface area (TPSA) is 181 Å². The summed E-state index contributed by atoms with van der Waals surface area (Å²) >= 11 is 0. The Bertz CT molecular complexity index is 1480. The predicted octanol–water partition coefficient (Wildman–Crippen LogP) is 1.89. The summed E-state index contributed by atoms with van der Waals surface area (Å²) in [5.41, 5.74) is 7.13. The smallest absolute Gasteiger partial charge is 0.421 e. The van der Waals surface area contributed by atoms with Gasteiger partial charge in [-0.1, -0.05) is 85.5 Å². The van der Waals surface area contributed by atoms with Crippen molar-refractivity contribution in [2.24, 2.45) is 0 Å². The number of aliphatic hydroxyl groups excluding tert-OH is 1. The maximum atomic E-state index is 13.2. The van der Waals surface area contributed by atoms with Gasteiger partial charge in [0, 0.05) is 0 Å². The van der Waals surface area contributed by atoms with Crippen LogP contribution in [0.3, 0.4) is 0 Å². The highest BCUT2D eigenvalue weighted by molar-refractivity contribution is 5.92. The normalized spacial score (nSPS) is 12.4. The molecule has 3 aromatic carbocycles. The second kappa shape index (κ2) is 19.1. The largest absolute Gasteiger partial charge is 0.460 e. The molecule has 0 bridgehead atoms. The van der Waals surface area contributed by atoms with Crippen molar-refractivity contribution in [1.29, 1.82) is 0 Å². The van der Waals surface area contributed by atoms with Crippen LogP contribution in [0.15, 0.2) is 97.6 Å². The number of esters is 2. The minimum absolute atomic E-state index is 0.0412. The van der Waals surface area contributed by atoms with Crippen LogP contribution >= 0.6 is 0 Å². The van der Waals surface area contributed by atoms with Crippen molar-refractivity contribution in [2.75, 3.05) is 13.2 Å². The minimum Gasteiger partial charge on any atom is -0.460 e. The molecule has 0 fully saturated rings. The molecule has 3 aromatic rings. The van der Waals surface area contributed by atoms with Crippen LogP contribution in [-0.2, 0) is 48.1 Å². The van der Waals surface area contributed by atoms with Gasteiger partial charge in [-0.25, -0.2) is 15.0 Å². The molecular weight excluding hydrogens is 608 g/mol. The summed E-state index contributed by atoms with van der Waals surface area (Å²) < 4.78 is 15.5. The lowest BCUT2D eigenvalue weighted by Crippen LogP contribution is -2.58. The molecule has 0 radical (unpaired) electrons. The van der Waals surface area contributed by atoms with Gasteiger partial charge in [-0.3, -0.25) is 19.8 Å². The van der Waals surface area contributed by atoms with Gasteiger partial charge in [0.1, 0.15) is 37.1 Å². The number of hydrogen-bond acceptors (Lipinski definition) is 10. The first-order valence-electron chi connectivity index (χ1n) is 14.7. The molecule has 5 N–H and O–H groups in total. The van der Waals surface area contributed by atoms with Crippen LogP contribution in [0, 0.1) is 0 Å². The molecular formula is C34H38N4O9. The average Bonchev–Trinajstić information content (AvgIpc) is 3.08. The SMILES string of the molecule is C=CCOC(=O)[C@H](C)NC(=O)[C@H](CO)NC(=O)[C@H](Cc1ccccc1)NNC(=O)OCc1ccc(OC(=O)Cc2ccccc2)cc1. The van der Waals surface area contributed by atoms with E-state index in [4.69, 9.17) is 14.2 Å². The van der Waals surface area contributed by atoms with Crippen molar-refractivity contribution >= 4 is 29.8 Å². The quantitative estimate of drug-likeness (QED) is 0.0629. The summed E-state index contributed by atoms with van der Waals surface area (Å²) in [6.07, 6.45) is 0.708. The molecule has 3 amide bonds. The van der Waals surface area contributed by atoms with Gasteiger partial charge in [-0.15, -0.1) is 0 Å². The first kappa shape index (κ1) is 35.9. The van der Waals surface area contributed by atoms with E-state index in [0.717, 1.165) is 11.1 Å². The van der Waals surface area contributed by atoms with E-state index in [0.29, 0.717) is 11.3 Å². The Morgan fingerprint density at radius 1 is 0.787 bits per heavy atom. The fraction of sp³-hybridized carbons (Fsp3) is 0.265. The van der Waals surface area contributed by atoms with Crippen LogP contribution in [-0.4, -0.2) is 66.3 Å². The number of benzene rings is 3. The summed E-state index contributed by atoms with van der Waals surface area (Å²) in [6, 6.07) is 21.0. The monoisotopic (exact) mass is 646 g/mol. The van der Waals surface area contributed by atoms with E-state index in [9.17, 15) is 29.1 Å². The van der Waals surface area contributed by atoms with Crippen molar-refractivity contribution in [3.63, 3.8) is 0 Å². The van der Waals surface area contributed by atoms with Gasteiger partial charge < -0.3 is 30.0 Å². The molecule has 13 nitrogen and oxygen atoms in total. The highest BCUT2D eigenvalue weighted by Gasteiger charge is 2.28. The molecule has 0 spiro atoms. The first-order valence-corrected chi connectivity index (χ1v) is 14.7. The molecule has 0 saturated heterocycles. The van der Waals surface area contributed by atoms with Gasteiger partial charge in [0.2, 0.25) is 11.8 Å². The Morgan fingerprint density at radius 3 is 2.02 bits per heavy atom. The number of rotatable bonds is 17. The van der Waals surface area contributed by atoms with E-state index in [1.165, 1.54) is 13.0 Å². The van der Waals surface area contributed by atoms with Crippen LogP contribution in [0.2, 0.25) is 0 Å². The fourth-order valence-electron chi connectivity index (χ4n) is 4.08. The fourth-order valence-corrected chi connectivity index (χ4v) is 4.08. The number of aliphatic hydroxyl groups is 1. The highest BCUT2D eigenvalue weighted by Crippen LogP contribution is 2.14. The third-order valence-electron chi connectivity index (χ3n) is 6.54. The van der Waals surface area contributed by atoms with E-state index in [-0.39, 0.29) is 26.1 Å². The van der Waals surface area contributed by atoms with Crippen LogP contribution < -0.4 is 26.2 Å². The molecule has 0 saturated carbocycles. The molecule has 0 aliphatic carbocycles. The van der Waals surface area contributed by atoms with Crippen LogP contribution in [0.5, 0.6) is 5.75 Å². The number of ether oxygens (including phenoxy) is 3. The van der Waals surface area contributed by atoms with Gasteiger partial charge >= 0.3 is 18.0 Å². The summed E-state index contributed by atoms with van der Waals surface area (Å²) in [6.45, 7) is 3.92. The van der Waals surface area contributed by atoms with Crippen LogP contribution in [0.4, 0.5) is 4.79 Å². The summed E-state index contributed by atoms with van der Waals surface area (Å²) in [4.78, 5) is 62.5. The van der Waals surface area contributed by atoms with Crippen molar-refractivity contribution in [3.8, 4) is 5.75 Å². The zero-order valence-corrected chi connectivity index (χ0v) is 25.8. The Labute approximate surface area is 272 Å². The van der Waals surface area contributed by atoms with E-state index in [1.54, 1.807) is 54.6 Å². The van der Waals surface area contributed by atoms with E-state index in [1.807, 2.05) is 30.3 Å². The highest BCUT2D eigenvalue weighted by atomic mass is 16.6. The Morgan fingerprint density at radius 2 is 1.40 bits per heavy atom. The maximum Gasteiger partial charge on any atom is 0.421 e. The molecule has 47 heavy (non-hydrogen) atoms. The van der Waals surface area contributed by atoms with Crippen LogP contribution in [0.25, 0.3) is 0 Å². The molecule has 0 aliphatic rings. The molecule has 0 aliphatic heterocycles. The number of hydrazine groups is 1. The zero-order chi connectivity index (χ0) is 34.0. The van der Waals surface area contributed by atoms with Crippen molar-refractivity contribution in [2.45, 2.75) is 44.5 Å². The van der Waals surface area contributed by atoms with Gasteiger partial charge in [0.25, 0.3) is 0 Å². The van der Waals surface area contributed by atoms with Crippen molar-refractivity contribution < 1.29 is 43.3 Å². The van der Waals surface area contributed by atoms with Crippen molar-refractivity contribution in [1.82, 2.24) is 21.5 Å². The van der Waals surface area contributed by atoms with Gasteiger partial charge in [-0.05, 0) is 42.2 Å².